The minimum absolute atomic E-state index is 0.0994. The Balaban J connectivity index is 1.78. The van der Waals surface area contributed by atoms with Crippen LogP contribution in [0.5, 0.6) is 0 Å². The first-order valence-corrected chi connectivity index (χ1v) is 7.02. The largest absolute Gasteiger partial charge is 0.381 e. The maximum Gasteiger partial charge on any atom is 0.271 e. The maximum atomic E-state index is 10.9. The molecular formula is C14H18N4O3. The number of non-ortho nitro benzene ring substituents is 1. The summed E-state index contributed by atoms with van der Waals surface area (Å²) in [4.78, 5) is 12.8. The molecule has 0 N–H and O–H groups in total. The van der Waals surface area contributed by atoms with Crippen molar-refractivity contribution < 1.29 is 9.66 Å². The van der Waals surface area contributed by atoms with Gasteiger partial charge >= 0.3 is 0 Å². The van der Waals surface area contributed by atoms with Gasteiger partial charge in [-0.25, -0.2) is 0 Å². The molecule has 7 nitrogen and oxygen atoms in total. The van der Waals surface area contributed by atoms with Crippen molar-refractivity contribution in [3.8, 4) is 0 Å². The van der Waals surface area contributed by atoms with Gasteiger partial charge in [-0.2, -0.15) is 5.10 Å². The molecule has 0 bridgehead atoms. The second-order valence-electron chi connectivity index (χ2n) is 5.34. The number of nitro groups is 1. The van der Waals surface area contributed by atoms with Gasteiger partial charge in [0.2, 0.25) is 0 Å². The van der Waals surface area contributed by atoms with Crippen molar-refractivity contribution in [3.63, 3.8) is 0 Å². The van der Waals surface area contributed by atoms with Gasteiger partial charge in [-0.15, -0.1) is 0 Å². The Morgan fingerprint density at radius 2 is 2.19 bits per heavy atom. The monoisotopic (exact) mass is 290 g/mol. The molecule has 0 unspecified atom stereocenters. The summed E-state index contributed by atoms with van der Waals surface area (Å²) in [5, 5.41) is 16.2. The van der Waals surface area contributed by atoms with E-state index in [2.05, 4.69) is 10.00 Å². The third-order valence-corrected chi connectivity index (χ3v) is 4.04. The molecule has 21 heavy (non-hydrogen) atoms. The van der Waals surface area contributed by atoms with E-state index < -0.39 is 0 Å². The van der Waals surface area contributed by atoms with Gasteiger partial charge in [0.15, 0.2) is 0 Å². The third-order valence-electron chi connectivity index (χ3n) is 4.04. The average Bonchev–Trinajstić information content (AvgIpc) is 2.90. The highest BCUT2D eigenvalue weighted by atomic mass is 16.6. The number of benzene rings is 1. The molecule has 1 aliphatic heterocycles. The van der Waals surface area contributed by atoms with Crippen LogP contribution in [0.3, 0.4) is 0 Å². The number of likely N-dealkylation sites (tertiary alicyclic amines) is 1. The molecule has 1 aliphatic rings. The molecule has 0 amide bonds. The van der Waals surface area contributed by atoms with Crippen molar-refractivity contribution in [1.82, 2.24) is 14.7 Å². The summed E-state index contributed by atoms with van der Waals surface area (Å²) < 4.78 is 7.19. The Morgan fingerprint density at radius 1 is 1.43 bits per heavy atom. The normalized spacial score (nSPS) is 17.4. The molecule has 2 aromatic rings. The highest BCUT2D eigenvalue weighted by molar-refractivity contribution is 5.80. The number of fused-ring (bicyclic) bond motifs is 1. The van der Waals surface area contributed by atoms with Gasteiger partial charge in [0.05, 0.1) is 29.4 Å². The van der Waals surface area contributed by atoms with Crippen molar-refractivity contribution in [2.75, 3.05) is 20.2 Å². The fraction of sp³-hybridized carbons (Fsp3) is 0.500. The van der Waals surface area contributed by atoms with E-state index in [1.165, 1.54) is 6.07 Å². The van der Waals surface area contributed by atoms with Crippen LogP contribution >= 0.6 is 0 Å². The molecular weight excluding hydrogens is 272 g/mol. The van der Waals surface area contributed by atoms with Crippen LogP contribution in [0.25, 0.3) is 10.9 Å². The molecule has 0 saturated carbocycles. The average molecular weight is 290 g/mol. The number of ether oxygens (including phenoxy) is 1. The number of rotatable bonds is 4. The first-order valence-electron chi connectivity index (χ1n) is 7.02. The lowest BCUT2D eigenvalue weighted by atomic mass is 10.1. The number of aromatic nitrogens is 2. The second kappa shape index (κ2) is 5.79. The van der Waals surface area contributed by atoms with Crippen LogP contribution < -0.4 is 0 Å². The van der Waals surface area contributed by atoms with E-state index >= 15 is 0 Å². The van der Waals surface area contributed by atoms with Crippen molar-refractivity contribution in [2.45, 2.75) is 25.6 Å². The molecule has 1 saturated heterocycles. The van der Waals surface area contributed by atoms with E-state index in [9.17, 15) is 10.1 Å². The summed E-state index contributed by atoms with van der Waals surface area (Å²) in [6, 6.07) is 4.84. The highest BCUT2D eigenvalue weighted by Crippen LogP contribution is 2.21. The quantitative estimate of drug-likeness (QED) is 0.636. The Hall–Kier alpha value is -1.99. The lowest BCUT2D eigenvalue weighted by Crippen LogP contribution is -2.37. The lowest BCUT2D eigenvalue weighted by Gasteiger charge is -2.31. The van der Waals surface area contributed by atoms with E-state index in [0.717, 1.165) is 36.8 Å². The summed E-state index contributed by atoms with van der Waals surface area (Å²) in [6.07, 6.45) is 4.11. The van der Waals surface area contributed by atoms with Gasteiger partial charge in [-0.3, -0.25) is 19.7 Å². The highest BCUT2D eigenvalue weighted by Gasteiger charge is 2.19. The van der Waals surface area contributed by atoms with Crippen LogP contribution in [-0.2, 0) is 11.4 Å². The minimum Gasteiger partial charge on any atom is -0.381 e. The molecule has 0 atom stereocenters. The second-order valence-corrected chi connectivity index (χ2v) is 5.34. The number of hydrogen-bond acceptors (Lipinski definition) is 5. The summed E-state index contributed by atoms with van der Waals surface area (Å²) in [6.45, 7) is 2.56. The van der Waals surface area contributed by atoms with Gasteiger partial charge < -0.3 is 4.74 Å². The van der Waals surface area contributed by atoms with E-state index in [4.69, 9.17) is 4.74 Å². The van der Waals surface area contributed by atoms with Crippen molar-refractivity contribution in [3.05, 3.63) is 34.5 Å². The van der Waals surface area contributed by atoms with E-state index in [1.807, 2.05) is 4.68 Å². The minimum atomic E-state index is -0.374. The molecule has 2 heterocycles. The molecule has 0 aliphatic carbocycles. The molecule has 1 aromatic heterocycles. The SMILES string of the molecule is COC1CCN(Cn2ncc3ccc([N+](=O)[O-])cc32)CC1. The van der Waals surface area contributed by atoms with Crippen LogP contribution in [0.4, 0.5) is 5.69 Å². The summed E-state index contributed by atoms with van der Waals surface area (Å²) in [7, 11) is 1.75. The van der Waals surface area contributed by atoms with Crippen molar-refractivity contribution in [2.24, 2.45) is 0 Å². The number of hydrogen-bond donors (Lipinski definition) is 0. The molecule has 0 spiro atoms. The number of nitrogens with zero attached hydrogens (tertiary/aromatic N) is 4. The van der Waals surface area contributed by atoms with Crippen LogP contribution in [0.2, 0.25) is 0 Å². The van der Waals surface area contributed by atoms with Crippen LogP contribution in [0, 0.1) is 10.1 Å². The standard InChI is InChI=1S/C14H18N4O3/c1-21-13-4-6-16(7-5-13)10-17-14-8-12(18(19)20)3-2-11(14)9-15-17/h2-3,8-9,13H,4-7,10H2,1H3. The summed E-state index contributed by atoms with van der Waals surface area (Å²) in [5.41, 5.74) is 0.903. The zero-order valence-electron chi connectivity index (χ0n) is 11.9. The smallest absolute Gasteiger partial charge is 0.271 e. The predicted molar refractivity (Wildman–Crippen MR) is 78.0 cm³/mol. The fourth-order valence-corrected chi connectivity index (χ4v) is 2.76. The van der Waals surface area contributed by atoms with Gasteiger partial charge in [-0.05, 0) is 18.9 Å². The lowest BCUT2D eigenvalue weighted by molar-refractivity contribution is -0.384. The molecule has 3 rings (SSSR count). The van der Waals surface area contributed by atoms with E-state index in [-0.39, 0.29) is 10.6 Å². The van der Waals surface area contributed by atoms with Gasteiger partial charge in [0.25, 0.3) is 5.69 Å². The molecule has 1 aromatic carbocycles. The number of piperidine rings is 1. The van der Waals surface area contributed by atoms with Gasteiger partial charge in [0.1, 0.15) is 0 Å². The Morgan fingerprint density at radius 3 is 2.86 bits per heavy atom. The summed E-state index contributed by atoms with van der Waals surface area (Å²) in [5.74, 6) is 0. The zero-order chi connectivity index (χ0) is 14.8. The van der Waals surface area contributed by atoms with E-state index in [1.54, 1.807) is 25.4 Å². The first kappa shape index (κ1) is 14.0. The molecule has 1 fully saturated rings. The third kappa shape index (κ3) is 2.88. The van der Waals surface area contributed by atoms with Crippen LogP contribution in [-0.4, -0.2) is 45.9 Å². The van der Waals surface area contributed by atoms with Crippen LogP contribution in [0.1, 0.15) is 12.8 Å². The topological polar surface area (TPSA) is 73.4 Å². The Bertz CT molecular complexity index is 647. The molecule has 7 heteroatoms. The van der Waals surface area contributed by atoms with Gasteiger partial charge in [0, 0.05) is 37.7 Å². The Kier molecular flexibility index (Phi) is 3.85. The Labute approximate surface area is 122 Å². The first-order chi connectivity index (χ1) is 10.2. The molecule has 112 valence electrons. The van der Waals surface area contributed by atoms with Crippen molar-refractivity contribution in [1.29, 1.82) is 0 Å². The maximum absolute atomic E-state index is 10.9. The molecule has 0 radical (unpaired) electrons. The number of methoxy groups -OCH3 is 1. The fourth-order valence-electron chi connectivity index (χ4n) is 2.76. The van der Waals surface area contributed by atoms with Crippen molar-refractivity contribution >= 4 is 16.6 Å². The predicted octanol–water partition coefficient (Wildman–Crippen LogP) is 2.01. The van der Waals surface area contributed by atoms with E-state index in [0.29, 0.717) is 12.8 Å². The number of nitro benzene ring substituents is 1. The van der Waals surface area contributed by atoms with Crippen LogP contribution in [0.15, 0.2) is 24.4 Å². The zero-order valence-corrected chi connectivity index (χ0v) is 11.9. The van der Waals surface area contributed by atoms with Gasteiger partial charge in [-0.1, -0.05) is 0 Å². The summed E-state index contributed by atoms with van der Waals surface area (Å²) >= 11 is 0.